The average Bonchev–Trinajstić information content (AvgIpc) is 2.83. The summed E-state index contributed by atoms with van der Waals surface area (Å²) in [5.74, 6) is -0.158. The first kappa shape index (κ1) is 12.8. The predicted molar refractivity (Wildman–Crippen MR) is 80.1 cm³/mol. The second kappa shape index (κ2) is 5.43. The van der Waals surface area contributed by atoms with Gasteiger partial charge >= 0.3 is 0 Å². The molecule has 1 aliphatic carbocycles. The molecule has 1 atom stereocenters. The van der Waals surface area contributed by atoms with E-state index in [1.807, 2.05) is 13.1 Å². The van der Waals surface area contributed by atoms with Crippen molar-refractivity contribution in [2.24, 2.45) is 0 Å². The van der Waals surface area contributed by atoms with Crippen molar-refractivity contribution in [1.82, 2.24) is 5.32 Å². The Balaban J connectivity index is 1.98. The lowest BCUT2D eigenvalue weighted by Gasteiger charge is -2.21. The van der Waals surface area contributed by atoms with Gasteiger partial charge in [-0.3, -0.25) is 0 Å². The second-order valence-corrected chi connectivity index (χ2v) is 6.19. The van der Waals surface area contributed by atoms with Crippen molar-refractivity contribution in [2.75, 3.05) is 7.05 Å². The zero-order valence-electron chi connectivity index (χ0n) is 11.1. The summed E-state index contributed by atoms with van der Waals surface area (Å²) in [6.45, 7) is 0. The van der Waals surface area contributed by atoms with E-state index in [-0.39, 0.29) is 5.82 Å². The molecular formula is C16H18FNS. The third-order valence-corrected chi connectivity index (χ3v) is 4.95. The van der Waals surface area contributed by atoms with Crippen molar-refractivity contribution in [1.29, 1.82) is 0 Å². The topological polar surface area (TPSA) is 12.0 Å². The van der Waals surface area contributed by atoms with Crippen LogP contribution in [0.5, 0.6) is 0 Å². The molecule has 1 aromatic heterocycles. The van der Waals surface area contributed by atoms with E-state index in [9.17, 15) is 4.39 Å². The SMILES string of the molecule is CNC(C1=CCCCC1)c1cc2cc(F)ccc2s1. The molecule has 3 rings (SSSR count). The van der Waals surface area contributed by atoms with Gasteiger partial charge in [0.25, 0.3) is 0 Å². The highest BCUT2D eigenvalue weighted by Crippen LogP contribution is 2.36. The average molecular weight is 275 g/mol. The van der Waals surface area contributed by atoms with E-state index in [1.54, 1.807) is 17.4 Å². The standard InChI is InChI=1S/C16H18FNS/c1-18-16(11-5-3-2-4-6-11)15-10-12-9-13(17)7-8-14(12)19-15/h5,7-10,16,18H,2-4,6H2,1H3. The molecule has 100 valence electrons. The summed E-state index contributed by atoms with van der Waals surface area (Å²) in [6.07, 6.45) is 7.32. The molecule has 1 unspecified atom stereocenters. The van der Waals surface area contributed by atoms with Gasteiger partial charge in [0.1, 0.15) is 5.82 Å². The van der Waals surface area contributed by atoms with E-state index >= 15 is 0 Å². The van der Waals surface area contributed by atoms with Gasteiger partial charge < -0.3 is 5.32 Å². The van der Waals surface area contributed by atoms with Crippen LogP contribution in [0.4, 0.5) is 4.39 Å². The van der Waals surface area contributed by atoms with Crippen LogP contribution < -0.4 is 5.32 Å². The number of halogens is 1. The molecule has 1 heterocycles. The summed E-state index contributed by atoms with van der Waals surface area (Å²) in [5, 5.41) is 4.42. The van der Waals surface area contributed by atoms with Gasteiger partial charge in [0.15, 0.2) is 0 Å². The zero-order chi connectivity index (χ0) is 13.2. The minimum Gasteiger partial charge on any atom is -0.309 e. The lowest BCUT2D eigenvalue weighted by molar-refractivity contribution is 0.599. The second-order valence-electron chi connectivity index (χ2n) is 5.08. The first-order valence-electron chi connectivity index (χ1n) is 6.83. The van der Waals surface area contributed by atoms with Crippen LogP contribution in [-0.4, -0.2) is 7.05 Å². The fraction of sp³-hybridized carbons (Fsp3) is 0.375. The van der Waals surface area contributed by atoms with E-state index in [0.717, 1.165) is 10.1 Å². The Morgan fingerprint density at radius 1 is 1.26 bits per heavy atom. The molecule has 0 bridgehead atoms. The number of fused-ring (bicyclic) bond motifs is 1. The normalized spacial score (nSPS) is 17.5. The molecule has 1 aliphatic rings. The van der Waals surface area contributed by atoms with E-state index in [4.69, 9.17) is 0 Å². The van der Waals surface area contributed by atoms with E-state index in [0.29, 0.717) is 6.04 Å². The lowest BCUT2D eigenvalue weighted by atomic mass is 9.93. The Morgan fingerprint density at radius 2 is 2.16 bits per heavy atom. The Hall–Kier alpha value is -1.19. The van der Waals surface area contributed by atoms with Crippen molar-refractivity contribution in [3.8, 4) is 0 Å². The molecule has 1 aromatic carbocycles. The molecule has 0 aliphatic heterocycles. The van der Waals surface area contributed by atoms with Gasteiger partial charge in [-0.15, -0.1) is 11.3 Å². The molecular weight excluding hydrogens is 257 g/mol. The van der Waals surface area contributed by atoms with E-state index in [2.05, 4.69) is 17.5 Å². The molecule has 2 aromatic rings. The summed E-state index contributed by atoms with van der Waals surface area (Å²) in [4.78, 5) is 1.29. The van der Waals surface area contributed by atoms with E-state index < -0.39 is 0 Å². The molecule has 0 spiro atoms. The number of allylic oxidation sites excluding steroid dienone is 1. The quantitative estimate of drug-likeness (QED) is 0.793. The summed E-state index contributed by atoms with van der Waals surface area (Å²) < 4.78 is 14.4. The van der Waals surface area contributed by atoms with Gasteiger partial charge in [0.05, 0.1) is 6.04 Å². The summed E-state index contributed by atoms with van der Waals surface area (Å²) in [5.41, 5.74) is 1.49. The van der Waals surface area contributed by atoms with Crippen LogP contribution in [-0.2, 0) is 0 Å². The largest absolute Gasteiger partial charge is 0.309 e. The molecule has 0 saturated heterocycles. The van der Waals surface area contributed by atoms with Gasteiger partial charge in [-0.25, -0.2) is 4.39 Å². The van der Waals surface area contributed by atoms with Gasteiger partial charge in [-0.1, -0.05) is 11.6 Å². The molecule has 0 saturated carbocycles. The van der Waals surface area contributed by atoms with Crippen molar-refractivity contribution >= 4 is 21.4 Å². The lowest BCUT2D eigenvalue weighted by Crippen LogP contribution is -2.18. The molecule has 1 nitrogen and oxygen atoms in total. The van der Waals surface area contributed by atoms with Gasteiger partial charge in [0.2, 0.25) is 0 Å². The Labute approximate surface area is 117 Å². The third kappa shape index (κ3) is 2.58. The first-order valence-corrected chi connectivity index (χ1v) is 7.65. The highest BCUT2D eigenvalue weighted by Gasteiger charge is 2.18. The number of hydrogen-bond donors (Lipinski definition) is 1. The van der Waals surface area contributed by atoms with Crippen LogP contribution >= 0.6 is 11.3 Å². The van der Waals surface area contributed by atoms with Gasteiger partial charge in [-0.05, 0) is 62.4 Å². The zero-order valence-corrected chi connectivity index (χ0v) is 11.9. The molecule has 3 heteroatoms. The number of rotatable bonds is 3. The maximum atomic E-state index is 13.3. The van der Waals surface area contributed by atoms with Crippen LogP contribution in [0.15, 0.2) is 35.9 Å². The number of hydrogen-bond acceptors (Lipinski definition) is 2. The van der Waals surface area contributed by atoms with Crippen molar-refractivity contribution in [2.45, 2.75) is 31.7 Å². The minimum atomic E-state index is -0.158. The number of benzene rings is 1. The van der Waals surface area contributed by atoms with Crippen LogP contribution in [0.1, 0.15) is 36.6 Å². The minimum absolute atomic E-state index is 0.158. The van der Waals surface area contributed by atoms with Crippen LogP contribution in [0.25, 0.3) is 10.1 Å². The Morgan fingerprint density at radius 3 is 2.89 bits per heavy atom. The van der Waals surface area contributed by atoms with E-state index in [1.165, 1.54) is 42.2 Å². The fourth-order valence-corrected chi connectivity index (χ4v) is 4.01. The number of nitrogens with one attached hydrogen (secondary N) is 1. The summed E-state index contributed by atoms with van der Waals surface area (Å²) >= 11 is 1.76. The number of thiophene rings is 1. The maximum absolute atomic E-state index is 13.3. The summed E-state index contributed by atoms with van der Waals surface area (Å²) in [7, 11) is 2.01. The van der Waals surface area contributed by atoms with Crippen molar-refractivity contribution in [3.63, 3.8) is 0 Å². The Bertz CT molecular complexity index is 614. The van der Waals surface area contributed by atoms with Crippen molar-refractivity contribution in [3.05, 3.63) is 46.6 Å². The summed E-state index contributed by atoms with van der Waals surface area (Å²) in [6, 6.07) is 7.45. The molecule has 19 heavy (non-hydrogen) atoms. The van der Waals surface area contributed by atoms with Gasteiger partial charge in [0, 0.05) is 9.58 Å². The fourth-order valence-electron chi connectivity index (χ4n) is 2.81. The van der Waals surface area contributed by atoms with Crippen molar-refractivity contribution < 1.29 is 4.39 Å². The smallest absolute Gasteiger partial charge is 0.123 e. The molecule has 0 fully saturated rings. The predicted octanol–water partition coefficient (Wildman–Crippen LogP) is 4.80. The highest BCUT2D eigenvalue weighted by atomic mass is 32.1. The van der Waals surface area contributed by atoms with Crippen LogP contribution in [0, 0.1) is 5.82 Å². The highest BCUT2D eigenvalue weighted by molar-refractivity contribution is 7.19. The Kier molecular flexibility index (Phi) is 3.67. The number of likely N-dealkylation sites (N-methyl/N-ethyl adjacent to an activating group) is 1. The first-order chi connectivity index (χ1) is 9.28. The monoisotopic (exact) mass is 275 g/mol. The molecule has 0 amide bonds. The van der Waals surface area contributed by atoms with Gasteiger partial charge in [-0.2, -0.15) is 0 Å². The van der Waals surface area contributed by atoms with Crippen LogP contribution in [0.2, 0.25) is 0 Å². The molecule has 0 radical (unpaired) electrons. The van der Waals surface area contributed by atoms with Crippen LogP contribution in [0.3, 0.4) is 0 Å². The maximum Gasteiger partial charge on any atom is 0.123 e. The third-order valence-electron chi connectivity index (χ3n) is 3.77. The molecule has 1 N–H and O–H groups in total.